The van der Waals surface area contributed by atoms with Crippen molar-refractivity contribution in [2.45, 2.75) is 32.2 Å². The number of amides is 1. The molecule has 0 spiro atoms. The number of hydrogen-bond donors (Lipinski definition) is 1. The minimum Gasteiger partial charge on any atom is -0.496 e. The molecule has 0 unspecified atom stereocenters. The van der Waals surface area contributed by atoms with E-state index in [0.717, 1.165) is 36.1 Å². The minimum absolute atomic E-state index is 0.0692. The maximum Gasteiger partial charge on any atom is 0.244 e. The Balaban J connectivity index is 1.72. The Morgan fingerprint density at radius 3 is 2.92 bits per heavy atom. The first-order chi connectivity index (χ1) is 11.7. The van der Waals surface area contributed by atoms with Crippen LogP contribution in [0, 0.1) is 6.92 Å². The van der Waals surface area contributed by atoms with Crippen LogP contribution in [0.25, 0.3) is 6.08 Å². The van der Waals surface area contributed by atoms with Gasteiger partial charge in [0.05, 0.1) is 13.2 Å². The molecule has 0 fully saturated rings. The molecule has 3 nitrogen and oxygen atoms in total. The Labute approximate surface area is 143 Å². The van der Waals surface area contributed by atoms with E-state index in [9.17, 15) is 4.79 Å². The van der Waals surface area contributed by atoms with Gasteiger partial charge in [0, 0.05) is 11.6 Å². The number of aryl methyl sites for hydroxylation is 2. The number of hydrogen-bond acceptors (Lipinski definition) is 2. The van der Waals surface area contributed by atoms with E-state index in [1.54, 1.807) is 13.2 Å². The lowest BCUT2D eigenvalue weighted by Gasteiger charge is -2.25. The van der Waals surface area contributed by atoms with E-state index in [1.165, 1.54) is 11.1 Å². The van der Waals surface area contributed by atoms with Crippen molar-refractivity contribution in [2.24, 2.45) is 0 Å². The minimum atomic E-state index is -0.0692. The van der Waals surface area contributed by atoms with Crippen LogP contribution in [0.3, 0.4) is 0 Å². The molecule has 1 N–H and O–H groups in total. The zero-order valence-electron chi connectivity index (χ0n) is 14.2. The molecule has 2 aromatic rings. The van der Waals surface area contributed by atoms with Gasteiger partial charge in [-0.2, -0.15) is 0 Å². The molecule has 0 heterocycles. The average Bonchev–Trinajstić information content (AvgIpc) is 2.60. The molecule has 0 bridgehead atoms. The van der Waals surface area contributed by atoms with Gasteiger partial charge in [-0.3, -0.25) is 4.79 Å². The van der Waals surface area contributed by atoms with Crippen LogP contribution in [-0.2, 0) is 11.2 Å². The van der Waals surface area contributed by atoms with Gasteiger partial charge in [-0.1, -0.05) is 35.9 Å². The molecule has 1 aliphatic carbocycles. The van der Waals surface area contributed by atoms with Crippen LogP contribution >= 0.6 is 0 Å². The van der Waals surface area contributed by atoms with Gasteiger partial charge in [-0.25, -0.2) is 0 Å². The first kappa shape index (κ1) is 16.3. The lowest BCUT2D eigenvalue weighted by atomic mass is 9.88. The van der Waals surface area contributed by atoms with Crippen LogP contribution in [-0.4, -0.2) is 13.0 Å². The molecule has 3 rings (SSSR count). The van der Waals surface area contributed by atoms with Gasteiger partial charge in [-0.05, 0) is 55.5 Å². The summed E-state index contributed by atoms with van der Waals surface area (Å²) in [6.45, 7) is 2.02. The summed E-state index contributed by atoms with van der Waals surface area (Å²) in [7, 11) is 1.64. The van der Waals surface area contributed by atoms with Crippen molar-refractivity contribution in [1.29, 1.82) is 0 Å². The summed E-state index contributed by atoms with van der Waals surface area (Å²) in [4.78, 5) is 12.3. The van der Waals surface area contributed by atoms with Crippen molar-refractivity contribution >= 4 is 12.0 Å². The van der Waals surface area contributed by atoms with Gasteiger partial charge < -0.3 is 10.1 Å². The second-order valence-electron chi connectivity index (χ2n) is 6.23. The summed E-state index contributed by atoms with van der Waals surface area (Å²) >= 11 is 0. The van der Waals surface area contributed by atoms with E-state index in [0.29, 0.717) is 0 Å². The largest absolute Gasteiger partial charge is 0.496 e. The molecule has 2 aromatic carbocycles. The van der Waals surface area contributed by atoms with Crippen molar-refractivity contribution in [3.8, 4) is 5.75 Å². The monoisotopic (exact) mass is 321 g/mol. The van der Waals surface area contributed by atoms with Crippen LogP contribution in [0.4, 0.5) is 0 Å². The Morgan fingerprint density at radius 1 is 1.25 bits per heavy atom. The fourth-order valence-electron chi connectivity index (χ4n) is 3.27. The van der Waals surface area contributed by atoms with Gasteiger partial charge in [0.2, 0.25) is 5.91 Å². The first-order valence-electron chi connectivity index (χ1n) is 8.38. The quantitative estimate of drug-likeness (QED) is 0.857. The molecule has 0 aromatic heterocycles. The van der Waals surface area contributed by atoms with Crippen molar-refractivity contribution in [3.63, 3.8) is 0 Å². The van der Waals surface area contributed by atoms with Gasteiger partial charge in [0.15, 0.2) is 0 Å². The zero-order valence-corrected chi connectivity index (χ0v) is 14.2. The van der Waals surface area contributed by atoms with Crippen LogP contribution in [0.1, 0.15) is 41.1 Å². The van der Waals surface area contributed by atoms with Crippen LogP contribution in [0.15, 0.2) is 48.5 Å². The summed E-state index contributed by atoms with van der Waals surface area (Å²) in [6.07, 6.45) is 6.60. The van der Waals surface area contributed by atoms with Crippen molar-refractivity contribution < 1.29 is 9.53 Å². The number of benzene rings is 2. The van der Waals surface area contributed by atoms with Crippen molar-refractivity contribution in [1.82, 2.24) is 5.32 Å². The van der Waals surface area contributed by atoms with Crippen LogP contribution < -0.4 is 10.1 Å². The number of ether oxygens (including phenoxy) is 1. The highest BCUT2D eigenvalue weighted by Gasteiger charge is 2.20. The van der Waals surface area contributed by atoms with E-state index in [4.69, 9.17) is 4.74 Å². The van der Waals surface area contributed by atoms with E-state index in [2.05, 4.69) is 23.5 Å². The highest BCUT2D eigenvalue weighted by atomic mass is 16.5. The van der Waals surface area contributed by atoms with Crippen molar-refractivity contribution in [3.05, 3.63) is 70.8 Å². The number of nitrogens with one attached hydrogen (secondary N) is 1. The van der Waals surface area contributed by atoms with Crippen molar-refractivity contribution in [2.75, 3.05) is 7.11 Å². The fraction of sp³-hybridized carbons (Fsp3) is 0.286. The molecule has 1 atom stereocenters. The maximum atomic E-state index is 12.3. The van der Waals surface area contributed by atoms with E-state index < -0.39 is 0 Å². The Kier molecular flexibility index (Phi) is 4.99. The smallest absolute Gasteiger partial charge is 0.244 e. The second kappa shape index (κ2) is 7.35. The lowest BCUT2D eigenvalue weighted by molar-refractivity contribution is -0.117. The summed E-state index contributed by atoms with van der Waals surface area (Å²) < 4.78 is 5.35. The number of fused-ring (bicyclic) bond motifs is 1. The highest BCUT2D eigenvalue weighted by molar-refractivity contribution is 5.92. The maximum absolute atomic E-state index is 12.3. The summed E-state index contributed by atoms with van der Waals surface area (Å²) in [5, 5.41) is 3.13. The molecule has 124 valence electrons. The van der Waals surface area contributed by atoms with Gasteiger partial charge in [-0.15, -0.1) is 0 Å². The van der Waals surface area contributed by atoms with Gasteiger partial charge in [0.1, 0.15) is 5.75 Å². The first-order valence-corrected chi connectivity index (χ1v) is 8.38. The normalized spacial score (nSPS) is 16.7. The summed E-state index contributed by atoms with van der Waals surface area (Å²) in [5.74, 6) is 0.702. The molecule has 0 saturated carbocycles. The van der Waals surface area contributed by atoms with Gasteiger partial charge >= 0.3 is 0 Å². The lowest BCUT2D eigenvalue weighted by Crippen LogP contribution is -2.29. The SMILES string of the molecule is COc1ccc(C)cc1/C=C/C(=O)N[C@H]1CCCc2ccccc21. The third-order valence-electron chi connectivity index (χ3n) is 4.49. The average molecular weight is 321 g/mol. The second-order valence-corrected chi connectivity index (χ2v) is 6.23. The summed E-state index contributed by atoms with van der Waals surface area (Å²) in [5.41, 5.74) is 4.64. The standard InChI is InChI=1S/C21H23NO2/c1-15-10-12-20(24-2)17(14-15)11-13-21(23)22-19-9-5-7-16-6-3-4-8-18(16)19/h3-4,6,8,10-14,19H,5,7,9H2,1-2H3,(H,22,23)/b13-11+/t19-/m0/s1. The molecular formula is C21H23NO2. The van der Waals surface area contributed by atoms with E-state index >= 15 is 0 Å². The predicted octanol–water partition coefficient (Wildman–Crippen LogP) is 4.21. The molecule has 24 heavy (non-hydrogen) atoms. The number of methoxy groups -OCH3 is 1. The molecule has 0 radical (unpaired) electrons. The number of carbonyl (C=O) groups excluding carboxylic acids is 1. The molecule has 1 aliphatic rings. The van der Waals surface area contributed by atoms with Crippen LogP contribution in [0.5, 0.6) is 5.75 Å². The van der Waals surface area contributed by atoms with E-state index in [-0.39, 0.29) is 11.9 Å². The Bertz CT molecular complexity index is 764. The predicted molar refractivity (Wildman–Crippen MR) is 97.0 cm³/mol. The molecule has 0 aliphatic heterocycles. The Hall–Kier alpha value is -2.55. The number of carbonyl (C=O) groups is 1. The number of rotatable bonds is 4. The summed E-state index contributed by atoms with van der Waals surface area (Å²) in [6, 6.07) is 14.4. The molecular weight excluding hydrogens is 298 g/mol. The molecule has 1 amide bonds. The third kappa shape index (κ3) is 3.67. The molecule has 3 heteroatoms. The topological polar surface area (TPSA) is 38.3 Å². The van der Waals surface area contributed by atoms with Crippen LogP contribution in [0.2, 0.25) is 0 Å². The zero-order chi connectivity index (χ0) is 16.9. The fourth-order valence-corrected chi connectivity index (χ4v) is 3.27. The Morgan fingerprint density at radius 2 is 2.08 bits per heavy atom. The molecule has 0 saturated heterocycles. The van der Waals surface area contributed by atoms with E-state index in [1.807, 2.05) is 37.3 Å². The third-order valence-corrected chi connectivity index (χ3v) is 4.49. The highest BCUT2D eigenvalue weighted by Crippen LogP contribution is 2.29. The van der Waals surface area contributed by atoms with Gasteiger partial charge in [0.25, 0.3) is 0 Å².